The number of thiophene rings is 1. The zero-order valence-corrected chi connectivity index (χ0v) is 14.1. The highest BCUT2D eigenvalue weighted by atomic mass is 32.2. The minimum Gasteiger partial charge on any atom is -0.351 e. The molecule has 2 rings (SSSR count). The number of sulfonamides is 1. The van der Waals surface area contributed by atoms with Gasteiger partial charge in [-0.25, -0.2) is 17.5 Å². The number of benzene rings is 1. The van der Waals surface area contributed by atoms with Gasteiger partial charge in [0.1, 0.15) is 10.0 Å². The molecule has 1 heterocycles. The predicted octanol–water partition coefficient (Wildman–Crippen LogP) is 2.50. The van der Waals surface area contributed by atoms with Gasteiger partial charge in [0, 0.05) is 6.54 Å². The Morgan fingerprint density at radius 3 is 2.52 bits per heavy atom. The third-order valence-corrected chi connectivity index (χ3v) is 5.83. The molecule has 1 amide bonds. The summed E-state index contributed by atoms with van der Waals surface area (Å²) in [5, 5.41) is 3.71. The highest BCUT2D eigenvalue weighted by molar-refractivity contribution is 7.91. The lowest BCUT2D eigenvalue weighted by molar-refractivity contribution is -0.138. The van der Waals surface area contributed by atoms with Crippen LogP contribution < -0.4 is 10.0 Å². The lowest BCUT2D eigenvalue weighted by Crippen LogP contribution is -2.36. The number of hydrogen-bond acceptors (Lipinski definition) is 4. The molecule has 1 aromatic heterocycles. The third-order valence-electron chi connectivity index (χ3n) is 3.04. The van der Waals surface area contributed by atoms with Crippen LogP contribution in [0.2, 0.25) is 0 Å². The molecule has 0 saturated heterocycles. The van der Waals surface area contributed by atoms with Crippen LogP contribution in [0.15, 0.2) is 39.9 Å². The second-order valence-electron chi connectivity index (χ2n) is 4.83. The van der Waals surface area contributed by atoms with Gasteiger partial charge in [-0.3, -0.25) is 4.79 Å². The summed E-state index contributed by atoms with van der Waals surface area (Å²) < 4.78 is 77.2. The Labute approximate surface area is 144 Å². The lowest BCUT2D eigenvalue weighted by atomic mass is 10.1. The fourth-order valence-corrected chi connectivity index (χ4v) is 3.89. The van der Waals surface area contributed by atoms with Crippen LogP contribution in [0, 0.1) is 5.82 Å². The van der Waals surface area contributed by atoms with Gasteiger partial charge < -0.3 is 5.32 Å². The number of carbonyl (C=O) groups is 1. The summed E-state index contributed by atoms with van der Waals surface area (Å²) in [5.74, 6) is -1.87. The highest BCUT2D eigenvalue weighted by Crippen LogP contribution is 2.32. The topological polar surface area (TPSA) is 75.3 Å². The second-order valence-corrected chi connectivity index (χ2v) is 7.77. The molecule has 0 aliphatic rings. The van der Waals surface area contributed by atoms with Crippen LogP contribution in [0.3, 0.4) is 0 Å². The zero-order valence-electron chi connectivity index (χ0n) is 12.4. The van der Waals surface area contributed by atoms with Crippen LogP contribution in [0.1, 0.15) is 11.1 Å². The molecule has 0 unspecified atom stereocenters. The average Bonchev–Trinajstić information content (AvgIpc) is 3.06. The number of rotatable bonds is 6. The maximum Gasteiger partial charge on any atom is 0.416 e. The van der Waals surface area contributed by atoms with Crippen molar-refractivity contribution in [2.75, 3.05) is 6.54 Å². The van der Waals surface area contributed by atoms with E-state index in [1.54, 1.807) is 5.38 Å². The molecular weight excluding hydrogens is 384 g/mol. The Hall–Kier alpha value is -1.98. The number of amides is 1. The van der Waals surface area contributed by atoms with Crippen molar-refractivity contribution in [3.8, 4) is 0 Å². The van der Waals surface area contributed by atoms with Crippen molar-refractivity contribution in [2.45, 2.75) is 16.9 Å². The summed E-state index contributed by atoms with van der Waals surface area (Å²) in [6.45, 7) is -1.16. The minimum absolute atomic E-state index is 0.0122. The first-order valence-electron chi connectivity index (χ1n) is 6.75. The molecule has 25 heavy (non-hydrogen) atoms. The van der Waals surface area contributed by atoms with E-state index in [-0.39, 0.29) is 9.77 Å². The average molecular weight is 396 g/mol. The van der Waals surface area contributed by atoms with Crippen LogP contribution in [-0.2, 0) is 27.5 Å². The molecule has 0 spiro atoms. The number of hydrogen-bond donors (Lipinski definition) is 2. The third kappa shape index (κ3) is 5.25. The number of carbonyl (C=O) groups excluding carboxylic acids is 1. The monoisotopic (exact) mass is 396 g/mol. The fraction of sp³-hybridized carbons (Fsp3) is 0.214. The molecule has 0 radical (unpaired) electrons. The fourth-order valence-electron chi connectivity index (χ4n) is 1.87. The maximum atomic E-state index is 13.0. The first-order valence-corrected chi connectivity index (χ1v) is 9.11. The largest absolute Gasteiger partial charge is 0.416 e. The molecule has 0 atom stereocenters. The van der Waals surface area contributed by atoms with Crippen LogP contribution >= 0.6 is 11.3 Å². The van der Waals surface area contributed by atoms with Gasteiger partial charge >= 0.3 is 6.18 Å². The molecule has 0 fully saturated rings. The molecule has 11 heteroatoms. The van der Waals surface area contributed by atoms with Gasteiger partial charge in [-0.05, 0) is 29.1 Å². The lowest BCUT2D eigenvalue weighted by Gasteiger charge is -2.13. The predicted molar refractivity (Wildman–Crippen MR) is 82.8 cm³/mol. The van der Waals surface area contributed by atoms with Gasteiger partial charge in [0.05, 0.1) is 12.1 Å². The van der Waals surface area contributed by atoms with Crippen molar-refractivity contribution in [1.82, 2.24) is 10.0 Å². The van der Waals surface area contributed by atoms with E-state index < -0.39 is 46.6 Å². The summed E-state index contributed by atoms with van der Waals surface area (Å²) >= 11 is 0.955. The molecular formula is C14H12F4N2O3S2. The molecule has 0 bridgehead atoms. The van der Waals surface area contributed by atoms with Crippen molar-refractivity contribution in [3.63, 3.8) is 0 Å². The van der Waals surface area contributed by atoms with E-state index in [1.807, 2.05) is 4.72 Å². The minimum atomic E-state index is -4.77. The Bertz CT molecular complexity index is 849. The summed E-state index contributed by atoms with van der Waals surface area (Å²) in [6, 6.07) is 4.96. The summed E-state index contributed by atoms with van der Waals surface area (Å²) in [6.07, 6.45) is -4.77. The number of nitrogens with one attached hydrogen (secondary N) is 2. The zero-order chi connectivity index (χ0) is 18.7. The van der Waals surface area contributed by atoms with Gasteiger partial charge in [-0.1, -0.05) is 12.1 Å². The van der Waals surface area contributed by atoms with Gasteiger partial charge in [0.15, 0.2) is 0 Å². The normalized spacial score (nSPS) is 12.2. The Balaban J connectivity index is 1.97. The van der Waals surface area contributed by atoms with E-state index in [0.29, 0.717) is 6.07 Å². The number of halogens is 4. The van der Waals surface area contributed by atoms with Crippen LogP contribution in [0.25, 0.3) is 0 Å². The standard InChI is InChI=1S/C14H12F4N2O3S2/c15-10-4-3-9(11(6-10)14(16,17)18)7-19-12(21)8-20-25(22,23)13-2-1-5-24-13/h1-6,20H,7-8H2,(H,19,21). The van der Waals surface area contributed by atoms with Crippen molar-refractivity contribution >= 4 is 27.3 Å². The molecule has 2 aromatic rings. The van der Waals surface area contributed by atoms with Crippen molar-refractivity contribution in [3.05, 3.63) is 52.7 Å². The molecule has 0 saturated carbocycles. The molecule has 2 N–H and O–H groups in total. The molecule has 5 nitrogen and oxygen atoms in total. The van der Waals surface area contributed by atoms with E-state index in [0.717, 1.165) is 23.5 Å². The Morgan fingerprint density at radius 2 is 1.92 bits per heavy atom. The Morgan fingerprint density at radius 1 is 1.20 bits per heavy atom. The van der Waals surface area contributed by atoms with E-state index in [9.17, 15) is 30.8 Å². The van der Waals surface area contributed by atoms with E-state index in [1.165, 1.54) is 12.1 Å². The number of alkyl halides is 3. The first-order chi connectivity index (χ1) is 11.6. The van der Waals surface area contributed by atoms with Crippen LogP contribution in [0.4, 0.5) is 17.6 Å². The van der Waals surface area contributed by atoms with Crippen molar-refractivity contribution in [2.24, 2.45) is 0 Å². The SMILES string of the molecule is O=C(CNS(=O)(=O)c1cccs1)NCc1ccc(F)cc1C(F)(F)F. The van der Waals surface area contributed by atoms with Crippen molar-refractivity contribution < 1.29 is 30.8 Å². The molecule has 0 aliphatic carbocycles. The summed E-state index contributed by atoms with van der Waals surface area (Å²) in [7, 11) is -3.85. The second kappa shape index (κ2) is 7.50. The highest BCUT2D eigenvalue weighted by Gasteiger charge is 2.33. The van der Waals surface area contributed by atoms with E-state index in [4.69, 9.17) is 0 Å². The first kappa shape index (κ1) is 19.3. The molecule has 136 valence electrons. The molecule has 0 aliphatic heterocycles. The summed E-state index contributed by atoms with van der Waals surface area (Å²) in [5.41, 5.74) is -1.53. The Kier molecular flexibility index (Phi) is 5.80. The van der Waals surface area contributed by atoms with Gasteiger partial charge in [0.25, 0.3) is 10.0 Å². The van der Waals surface area contributed by atoms with Crippen LogP contribution in [0.5, 0.6) is 0 Å². The quantitative estimate of drug-likeness (QED) is 0.737. The smallest absolute Gasteiger partial charge is 0.351 e. The van der Waals surface area contributed by atoms with Gasteiger partial charge in [-0.15, -0.1) is 11.3 Å². The van der Waals surface area contributed by atoms with Gasteiger partial charge in [-0.2, -0.15) is 13.2 Å². The van der Waals surface area contributed by atoms with E-state index >= 15 is 0 Å². The summed E-state index contributed by atoms with van der Waals surface area (Å²) in [4.78, 5) is 11.7. The van der Waals surface area contributed by atoms with Gasteiger partial charge in [0.2, 0.25) is 5.91 Å². The van der Waals surface area contributed by atoms with Crippen LogP contribution in [-0.4, -0.2) is 20.9 Å². The van der Waals surface area contributed by atoms with E-state index in [2.05, 4.69) is 5.32 Å². The maximum absolute atomic E-state index is 13.0. The van der Waals surface area contributed by atoms with Crippen molar-refractivity contribution in [1.29, 1.82) is 0 Å². The molecule has 1 aromatic carbocycles.